The lowest BCUT2D eigenvalue weighted by atomic mass is 9.53. The first-order chi connectivity index (χ1) is 13.9. The second-order valence-corrected chi connectivity index (χ2v) is 10.7. The molecule has 7 heteroatoms. The minimum absolute atomic E-state index is 0.0161. The van der Waals surface area contributed by atoms with Crippen LogP contribution in [0.1, 0.15) is 53.9 Å². The van der Waals surface area contributed by atoms with Gasteiger partial charge in [0.1, 0.15) is 0 Å². The normalized spacial score (nSPS) is 38.4. The van der Waals surface area contributed by atoms with Gasteiger partial charge in [-0.3, -0.25) is 19.2 Å². The summed E-state index contributed by atoms with van der Waals surface area (Å²) in [5.41, 5.74) is -0.523. The van der Waals surface area contributed by atoms with Crippen LogP contribution < -0.4 is 0 Å². The first kappa shape index (κ1) is 23.2. The van der Waals surface area contributed by atoms with Crippen LogP contribution in [-0.2, 0) is 28.7 Å². The number of carbonyl (C=O) groups is 4. The summed E-state index contributed by atoms with van der Waals surface area (Å²) in [7, 11) is 1.36. The summed E-state index contributed by atoms with van der Waals surface area (Å²) >= 11 is 3.51. The number of ether oxygens (including phenoxy) is 2. The highest BCUT2D eigenvalue weighted by molar-refractivity contribution is 9.10. The molecule has 0 aromatic rings. The lowest BCUT2D eigenvalue weighted by molar-refractivity contribution is -0.165. The van der Waals surface area contributed by atoms with Gasteiger partial charge in [-0.2, -0.15) is 0 Å². The van der Waals surface area contributed by atoms with E-state index in [0.29, 0.717) is 24.0 Å². The zero-order valence-corrected chi connectivity index (χ0v) is 20.1. The van der Waals surface area contributed by atoms with E-state index in [1.54, 1.807) is 0 Å². The summed E-state index contributed by atoms with van der Waals surface area (Å²) in [6.07, 6.45) is 2.05. The maximum atomic E-state index is 13.7. The molecule has 0 amide bonds. The van der Waals surface area contributed by atoms with Crippen molar-refractivity contribution in [2.24, 2.45) is 34.5 Å². The van der Waals surface area contributed by atoms with E-state index in [1.807, 2.05) is 27.7 Å². The van der Waals surface area contributed by atoms with Gasteiger partial charge in [-0.05, 0) is 31.6 Å². The Kier molecular flexibility index (Phi) is 6.09. The number of esters is 2. The number of ketones is 2. The SMILES string of the molecule is COC(=O)C1(C)CCC[C@]2(C)C3=C(C(=O)C(C(C)C)C(Br)C3=O)[C@@H](COC(C)=O)[C@@H]12. The highest BCUT2D eigenvalue weighted by Crippen LogP contribution is 2.66. The Morgan fingerprint density at radius 1 is 1.17 bits per heavy atom. The van der Waals surface area contributed by atoms with Crippen LogP contribution >= 0.6 is 15.9 Å². The van der Waals surface area contributed by atoms with Gasteiger partial charge in [-0.1, -0.05) is 43.1 Å². The van der Waals surface area contributed by atoms with Gasteiger partial charge < -0.3 is 9.47 Å². The molecule has 1 fully saturated rings. The van der Waals surface area contributed by atoms with Crippen molar-refractivity contribution in [1.82, 2.24) is 0 Å². The smallest absolute Gasteiger partial charge is 0.311 e. The average molecular weight is 483 g/mol. The number of methoxy groups -OCH3 is 1. The molecule has 0 aliphatic heterocycles. The third-order valence-electron chi connectivity index (χ3n) is 7.60. The molecule has 0 aromatic carbocycles. The van der Waals surface area contributed by atoms with Crippen LogP contribution in [-0.4, -0.2) is 42.0 Å². The highest BCUT2D eigenvalue weighted by Gasteiger charge is 2.66. The van der Waals surface area contributed by atoms with Gasteiger partial charge >= 0.3 is 11.9 Å². The van der Waals surface area contributed by atoms with Gasteiger partial charge in [-0.15, -0.1) is 0 Å². The number of alkyl halides is 1. The molecule has 0 radical (unpaired) electrons. The predicted molar refractivity (Wildman–Crippen MR) is 114 cm³/mol. The molecule has 166 valence electrons. The van der Waals surface area contributed by atoms with Crippen LogP contribution in [0.4, 0.5) is 0 Å². The van der Waals surface area contributed by atoms with Crippen LogP contribution in [0.25, 0.3) is 0 Å². The molecular weight excluding hydrogens is 452 g/mol. The fourth-order valence-corrected chi connectivity index (χ4v) is 7.57. The Labute approximate surface area is 186 Å². The number of carbonyl (C=O) groups excluding carboxylic acids is 4. The van der Waals surface area contributed by atoms with E-state index >= 15 is 0 Å². The second kappa shape index (κ2) is 7.88. The van der Waals surface area contributed by atoms with Gasteiger partial charge in [0.15, 0.2) is 11.6 Å². The summed E-state index contributed by atoms with van der Waals surface area (Å²) in [4.78, 5) is 51.3. The van der Waals surface area contributed by atoms with E-state index < -0.39 is 33.5 Å². The van der Waals surface area contributed by atoms with Crippen LogP contribution in [0.15, 0.2) is 11.1 Å². The number of halogens is 1. The third-order valence-corrected chi connectivity index (χ3v) is 8.58. The fraction of sp³-hybridized carbons (Fsp3) is 0.739. The van der Waals surface area contributed by atoms with Crippen molar-refractivity contribution in [2.75, 3.05) is 13.7 Å². The summed E-state index contributed by atoms with van der Waals surface area (Å²) in [5, 5.41) is 0. The van der Waals surface area contributed by atoms with Crippen molar-refractivity contribution in [1.29, 1.82) is 0 Å². The van der Waals surface area contributed by atoms with Crippen LogP contribution in [0.2, 0.25) is 0 Å². The van der Waals surface area contributed by atoms with Crippen molar-refractivity contribution in [3.8, 4) is 0 Å². The molecule has 3 rings (SSSR count). The number of rotatable bonds is 4. The Balaban J connectivity index is 2.23. The van der Waals surface area contributed by atoms with Gasteiger partial charge in [0.05, 0.1) is 24.0 Å². The average Bonchev–Trinajstić information content (AvgIpc) is 2.93. The van der Waals surface area contributed by atoms with E-state index in [9.17, 15) is 19.2 Å². The first-order valence-corrected chi connectivity index (χ1v) is 11.5. The van der Waals surface area contributed by atoms with Crippen molar-refractivity contribution in [2.45, 2.75) is 58.7 Å². The molecule has 30 heavy (non-hydrogen) atoms. The fourth-order valence-electron chi connectivity index (χ4n) is 6.49. The lowest BCUT2D eigenvalue weighted by Crippen LogP contribution is -2.51. The van der Waals surface area contributed by atoms with Gasteiger partial charge in [0.2, 0.25) is 0 Å². The zero-order chi connectivity index (χ0) is 22.6. The maximum Gasteiger partial charge on any atom is 0.311 e. The molecule has 0 spiro atoms. The summed E-state index contributed by atoms with van der Waals surface area (Å²) in [6, 6.07) is 0. The van der Waals surface area contributed by atoms with Crippen molar-refractivity contribution in [3.63, 3.8) is 0 Å². The Morgan fingerprint density at radius 3 is 2.33 bits per heavy atom. The number of hydrogen-bond donors (Lipinski definition) is 0. The second-order valence-electron chi connectivity index (χ2n) is 9.76. The monoisotopic (exact) mass is 482 g/mol. The molecule has 0 N–H and O–H groups in total. The van der Waals surface area contributed by atoms with Crippen LogP contribution in [0, 0.1) is 34.5 Å². The number of Topliss-reactive ketones (excluding diaryl/α,β-unsaturated/α-hetero) is 2. The number of hydrogen-bond acceptors (Lipinski definition) is 6. The first-order valence-electron chi connectivity index (χ1n) is 10.6. The number of allylic oxidation sites excluding steroid dienone is 1. The molecule has 3 aliphatic rings. The Hall–Kier alpha value is -1.50. The van der Waals surface area contributed by atoms with Crippen molar-refractivity contribution in [3.05, 3.63) is 11.1 Å². The zero-order valence-electron chi connectivity index (χ0n) is 18.5. The molecule has 0 heterocycles. The van der Waals surface area contributed by atoms with E-state index in [-0.39, 0.29) is 36.0 Å². The van der Waals surface area contributed by atoms with Crippen LogP contribution in [0.5, 0.6) is 0 Å². The standard InChI is InChI=1S/C23H31BrO6/c1-11(2)14-17(24)19(27)16-15(18(14)26)13(10-30-12(3)25)20-22(16,4)8-7-9-23(20,5)21(28)29-6/h11,13-14,17,20H,7-10H2,1-6H3/t13-,14?,17?,20-,22-,23?/m1/s1. The summed E-state index contributed by atoms with van der Waals surface area (Å²) in [6.45, 7) is 9.02. The summed E-state index contributed by atoms with van der Waals surface area (Å²) in [5.74, 6) is -2.31. The molecule has 3 aliphatic carbocycles. The van der Waals surface area contributed by atoms with E-state index in [1.165, 1.54) is 14.0 Å². The molecule has 6 atom stereocenters. The molecule has 0 saturated heterocycles. The molecule has 0 aromatic heterocycles. The largest absolute Gasteiger partial charge is 0.469 e. The molecule has 0 bridgehead atoms. The van der Waals surface area contributed by atoms with E-state index in [2.05, 4.69) is 15.9 Å². The Morgan fingerprint density at radius 2 is 1.80 bits per heavy atom. The van der Waals surface area contributed by atoms with Gasteiger partial charge in [-0.25, -0.2) is 0 Å². The maximum absolute atomic E-state index is 13.7. The van der Waals surface area contributed by atoms with Gasteiger partial charge in [0.25, 0.3) is 0 Å². The summed E-state index contributed by atoms with van der Waals surface area (Å²) < 4.78 is 10.5. The third kappa shape index (κ3) is 3.19. The number of fused-ring (bicyclic) bond motifs is 2. The molecule has 3 unspecified atom stereocenters. The molecular formula is C23H31BrO6. The van der Waals surface area contributed by atoms with Crippen LogP contribution in [0.3, 0.4) is 0 Å². The minimum Gasteiger partial charge on any atom is -0.469 e. The Bertz CT molecular complexity index is 830. The van der Waals surface area contributed by atoms with E-state index in [0.717, 1.165) is 6.42 Å². The predicted octanol–water partition coefficient (Wildman–Crippen LogP) is 3.65. The minimum atomic E-state index is -0.875. The van der Waals surface area contributed by atoms with Crippen molar-refractivity contribution >= 4 is 39.4 Å². The topological polar surface area (TPSA) is 86.7 Å². The van der Waals surface area contributed by atoms with Gasteiger partial charge in [0, 0.05) is 35.3 Å². The quantitative estimate of drug-likeness (QED) is 0.448. The molecule has 6 nitrogen and oxygen atoms in total. The highest BCUT2D eigenvalue weighted by atomic mass is 79.9. The van der Waals surface area contributed by atoms with E-state index in [4.69, 9.17) is 9.47 Å². The molecule has 1 saturated carbocycles. The van der Waals surface area contributed by atoms with Crippen molar-refractivity contribution < 1.29 is 28.7 Å². The lowest BCUT2D eigenvalue weighted by Gasteiger charge is -2.50.